The van der Waals surface area contributed by atoms with E-state index in [9.17, 15) is 4.79 Å². The summed E-state index contributed by atoms with van der Waals surface area (Å²) in [6.07, 6.45) is 0.378. The first-order valence-electron chi connectivity index (χ1n) is 2.98. The van der Waals surface area contributed by atoms with Gasteiger partial charge >= 0.3 is 0 Å². The molecule has 0 fully saturated rings. The normalized spacial score (nSPS) is 15.0. The number of halogens is 2. The maximum absolute atomic E-state index is 10.7. The summed E-state index contributed by atoms with van der Waals surface area (Å²) in [6, 6.07) is 1.86. The molecule has 0 spiro atoms. The van der Waals surface area contributed by atoms with Crippen LogP contribution in [0.2, 0.25) is 0 Å². The van der Waals surface area contributed by atoms with Gasteiger partial charge in [0.05, 0.1) is 11.9 Å². The third kappa shape index (κ3) is 2.96. The molecule has 1 unspecified atom stereocenters. The van der Waals surface area contributed by atoms with Gasteiger partial charge in [-0.05, 0) is 6.42 Å². The first-order valence-corrected chi connectivity index (χ1v) is 3.90. The van der Waals surface area contributed by atoms with Crippen LogP contribution in [-0.2, 0) is 4.79 Å². The van der Waals surface area contributed by atoms with Gasteiger partial charge in [-0.25, -0.2) is 0 Å². The minimum Gasteiger partial charge on any atom is -0.368 e. The van der Waals surface area contributed by atoms with Crippen molar-refractivity contribution in [1.82, 2.24) is 0 Å². The van der Waals surface area contributed by atoms with Crippen LogP contribution in [0.5, 0.6) is 0 Å². The summed E-state index contributed by atoms with van der Waals surface area (Å²) in [5.41, 5.74) is 4.96. The molecule has 0 aromatic heterocycles. The van der Waals surface area contributed by atoms with Crippen LogP contribution in [0.15, 0.2) is 0 Å². The fourth-order valence-corrected chi connectivity index (χ4v) is 0.870. The van der Waals surface area contributed by atoms with Gasteiger partial charge in [-0.15, -0.1) is 23.2 Å². The zero-order chi connectivity index (χ0) is 8.91. The molecule has 0 radical (unpaired) electrons. The number of carbonyl (C=O) groups excluding carboxylic acids is 1. The molecule has 3 nitrogen and oxygen atoms in total. The average molecular weight is 195 g/mol. The third-order valence-corrected chi connectivity index (χ3v) is 2.39. The number of alkyl halides is 2. The lowest BCUT2D eigenvalue weighted by Gasteiger charge is -2.17. The van der Waals surface area contributed by atoms with E-state index < -0.39 is 10.8 Å². The Morgan fingerprint density at radius 3 is 2.55 bits per heavy atom. The third-order valence-electron chi connectivity index (χ3n) is 1.29. The molecule has 2 N–H and O–H groups in total. The summed E-state index contributed by atoms with van der Waals surface area (Å²) in [4.78, 5) is 9.40. The summed E-state index contributed by atoms with van der Waals surface area (Å²) in [5.74, 6) is -0.740. The number of carbonyl (C=O) groups is 1. The van der Waals surface area contributed by atoms with Crippen LogP contribution in [0, 0.1) is 11.3 Å². The quantitative estimate of drug-likeness (QED) is 0.679. The first kappa shape index (κ1) is 10.5. The van der Waals surface area contributed by atoms with Gasteiger partial charge in [0.25, 0.3) is 0 Å². The summed E-state index contributed by atoms with van der Waals surface area (Å²) < 4.78 is 0. The van der Waals surface area contributed by atoms with Gasteiger partial charge in [-0.2, -0.15) is 5.26 Å². The van der Waals surface area contributed by atoms with Crippen LogP contribution in [-0.4, -0.2) is 16.7 Å². The van der Waals surface area contributed by atoms with Crippen molar-refractivity contribution in [1.29, 1.82) is 5.26 Å². The van der Waals surface area contributed by atoms with Crippen molar-refractivity contribution in [3.05, 3.63) is 0 Å². The Balaban J connectivity index is 4.13. The van der Waals surface area contributed by atoms with Crippen LogP contribution < -0.4 is 5.73 Å². The zero-order valence-electron chi connectivity index (χ0n) is 5.81. The SMILES string of the molecule is N#CCCC(Cl)(CCl)C(N)=O. The Morgan fingerprint density at radius 1 is 1.73 bits per heavy atom. The second-order valence-corrected chi connectivity index (χ2v) is 3.11. The molecular weight excluding hydrogens is 187 g/mol. The van der Waals surface area contributed by atoms with Gasteiger partial charge in [-0.3, -0.25) is 4.79 Å². The number of nitriles is 1. The lowest BCUT2D eigenvalue weighted by molar-refractivity contribution is -0.120. The van der Waals surface area contributed by atoms with Crippen molar-refractivity contribution in [2.75, 3.05) is 5.88 Å². The molecule has 0 bridgehead atoms. The lowest BCUT2D eigenvalue weighted by Crippen LogP contribution is -2.40. The molecule has 62 valence electrons. The predicted molar refractivity (Wildman–Crippen MR) is 43.3 cm³/mol. The Labute approximate surface area is 75.1 Å². The number of nitrogens with zero attached hydrogens (tertiary/aromatic N) is 1. The van der Waals surface area contributed by atoms with Crippen molar-refractivity contribution >= 4 is 29.1 Å². The van der Waals surface area contributed by atoms with E-state index in [1.54, 1.807) is 0 Å². The van der Waals surface area contributed by atoms with Gasteiger partial charge < -0.3 is 5.73 Å². The monoisotopic (exact) mass is 194 g/mol. The number of hydrogen-bond acceptors (Lipinski definition) is 2. The van der Waals surface area contributed by atoms with E-state index in [1.807, 2.05) is 6.07 Å². The summed E-state index contributed by atoms with van der Waals surface area (Å²) >= 11 is 11.1. The summed E-state index contributed by atoms with van der Waals surface area (Å²) in [5, 5.41) is 8.20. The smallest absolute Gasteiger partial charge is 0.239 e. The van der Waals surface area contributed by atoms with Crippen molar-refractivity contribution < 1.29 is 4.79 Å². The zero-order valence-corrected chi connectivity index (χ0v) is 7.32. The summed E-state index contributed by atoms with van der Waals surface area (Å²) in [7, 11) is 0. The van der Waals surface area contributed by atoms with Crippen molar-refractivity contribution in [3.63, 3.8) is 0 Å². The van der Waals surface area contributed by atoms with Crippen molar-refractivity contribution in [3.8, 4) is 6.07 Å². The molecule has 5 heteroatoms. The van der Waals surface area contributed by atoms with Crippen LogP contribution >= 0.6 is 23.2 Å². The molecular formula is C6H8Cl2N2O. The van der Waals surface area contributed by atoms with Crippen LogP contribution in [0.25, 0.3) is 0 Å². The molecule has 0 aliphatic heterocycles. The van der Waals surface area contributed by atoms with Gasteiger partial charge in [0, 0.05) is 6.42 Å². The van der Waals surface area contributed by atoms with Crippen molar-refractivity contribution in [2.45, 2.75) is 17.7 Å². The predicted octanol–water partition coefficient (Wildman–Crippen LogP) is 0.992. The van der Waals surface area contributed by atoms with Crippen molar-refractivity contribution in [2.24, 2.45) is 5.73 Å². The molecule has 0 saturated heterocycles. The molecule has 0 aromatic carbocycles. The molecule has 0 rings (SSSR count). The van der Waals surface area contributed by atoms with Gasteiger partial charge in [-0.1, -0.05) is 0 Å². The van der Waals surface area contributed by atoms with E-state index in [4.69, 9.17) is 34.2 Å². The van der Waals surface area contributed by atoms with E-state index in [2.05, 4.69) is 0 Å². The van der Waals surface area contributed by atoms with Gasteiger partial charge in [0.15, 0.2) is 0 Å². The van der Waals surface area contributed by atoms with Gasteiger partial charge in [0.1, 0.15) is 4.87 Å². The Morgan fingerprint density at radius 2 is 2.27 bits per heavy atom. The van der Waals surface area contributed by atoms with E-state index in [-0.39, 0.29) is 18.7 Å². The average Bonchev–Trinajstić information content (AvgIpc) is 2.00. The largest absolute Gasteiger partial charge is 0.368 e. The molecule has 11 heavy (non-hydrogen) atoms. The van der Waals surface area contributed by atoms with Crippen LogP contribution in [0.1, 0.15) is 12.8 Å². The molecule has 1 atom stereocenters. The highest BCUT2D eigenvalue weighted by molar-refractivity contribution is 6.39. The van der Waals surface area contributed by atoms with Gasteiger partial charge in [0.2, 0.25) is 5.91 Å². The number of rotatable bonds is 4. The first-order chi connectivity index (χ1) is 5.06. The highest BCUT2D eigenvalue weighted by atomic mass is 35.5. The number of amides is 1. The number of hydrogen-bond donors (Lipinski definition) is 1. The summed E-state index contributed by atoms with van der Waals surface area (Å²) in [6.45, 7) is 0. The second-order valence-electron chi connectivity index (χ2n) is 2.12. The van der Waals surface area contributed by atoms with E-state index in [1.165, 1.54) is 0 Å². The minimum atomic E-state index is -1.25. The fourth-order valence-electron chi connectivity index (χ4n) is 0.510. The topological polar surface area (TPSA) is 66.9 Å². The Kier molecular flexibility index (Phi) is 4.24. The van der Waals surface area contributed by atoms with Crippen LogP contribution in [0.4, 0.5) is 0 Å². The Hall–Kier alpha value is -0.460. The molecule has 0 aliphatic carbocycles. The maximum Gasteiger partial charge on any atom is 0.239 e. The van der Waals surface area contributed by atoms with E-state index in [0.717, 1.165) is 0 Å². The molecule has 1 amide bonds. The highest BCUT2D eigenvalue weighted by Crippen LogP contribution is 2.22. The standard InChI is InChI=1S/C6H8Cl2N2O/c7-4-6(8,5(10)11)2-1-3-9/h1-2,4H2,(H2,10,11). The highest BCUT2D eigenvalue weighted by Gasteiger charge is 2.32. The maximum atomic E-state index is 10.7. The van der Waals surface area contributed by atoms with E-state index >= 15 is 0 Å². The van der Waals surface area contributed by atoms with Crippen LogP contribution in [0.3, 0.4) is 0 Å². The lowest BCUT2D eigenvalue weighted by atomic mass is 10.0. The molecule has 0 aliphatic rings. The number of nitrogens with two attached hydrogens (primary N) is 1. The van der Waals surface area contributed by atoms with E-state index in [0.29, 0.717) is 0 Å². The number of primary amides is 1. The minimum absolute atomic E-state index is 0.0639. The Bertz CT molecular complexity index is 190. The molecule has 0 aromatic rings. The molecule has 0 heterocycles. The second kappa shape index (κ2) is 4.42. The molecule has 0 saturated carbocycles. The fraction of sp³-hybridized carbons (Fsp3) is 0.667.